The summed E-state index contributed by atoms with van der Waals surface area (Å²) in [4.78, 5) is 38.6. The minimum atomic E-state index is -4.24. The molecule has 0 aliphatic carbocycles. The van der Waals surface area contributed by atoms with Crippen LogP contribution in [0.4, 0.5) is 11.4 Å². The highest BCUT2D eigenvalue weighted by Crippen LogP contribution is 2.26. The first-order valence-electron chi connectivity index (χ1n) is 12.4. The normalized spacial score (nSPS) is 12.0. The van der Waals surface area contributed by atoms with Crippen LogP contribution in [0.3, 0.4) is 0 Å². The number of nitrogens with zero attached hydrogens (tertiary/aromatic N) is 3. The van der Waals surface area contributed by atoms with Gasteiger partial charge >= 0.3 is 0 Å². The number of hydrogen-bond acceptors (Lipinski definition) is 6. The lowest BCUT2D eigenvalue weighted by atomic mass is 10.1. The maximum atomic E-state index is 13.8. The number of aryl methyl sites for hydroxylation is 1. The number of benzene rings is 3. The monoisotopic (exact) mass is 552 g/mol. The van der Waals surface area contributed by atoms with Gasteiger partial charge in [0.1, 0.15) is 12.6 Å². The highest BCUT2D eigenvalue weighted by Gasteiger charge is 2.32. The van der Waals surface area contributed by atoms with Crippen molar-refractivity contribution in [1.82, 2.24) is 10.2 Å². The molecule has 0 spiro atoms. The Balaban J connectivity index is 2.04. The number of carbonyl (C=O) groups excluding carboxylic acids is 2. The third-order valence-corrected chi connectivity index (χ3v) is 7.78. The highest BCUT2D eigenvalue weighted by atomic mass is 32.2. The number of carbonyl (C=O) groups is 2. The molecule has 0 aromatic heterocycles. The molecule has 0 heterocycles. The van der Waals surface area contributed by atoms with Crippen molar-refractivity contribution < 1.29 is 22.9 Å². The second kappa shape index (κ2) is 12.5. The molecule has 0 aliphatic rings. The van der Waals surface area contributed by atoms with Crippen LogP contribution in [0, 0.1) is 17.0 Å². The van der Waals surface area contributed by atoms with Gasteiger partial charge in [-0.2, -0.15) is 0 Å². The molecule has 39 heavy (non-hydrogen) atoms. The van der Waals surface area contributed by atoms with E-state index >= 15 is 0 Å². The van der Waals surface area contributed by atoms with E-state index in [1.54, 1.807) is 39.0 Å². The molecule has 10 nitrogen and oxygen atoms in total. The van der Waals surface area contributed by atoms with Gasteiger partial charge in [-0.1, -0.05) is 48.0 Å². The molecule has 0 aliphatic heterocycles. The van der Waals surface area contributed by atoms with E-state index in [9.17, 15) is 28.1 Å². The fraction of sp³-hybridized carbons (Fsp3) is 0.286. The van der Waals surface area contributed by atoms with E-state index in [1.807, 2.05) is 31.2 Å². The lowest BCUT2D eigenvalue weighted by Gasteiger charge is -2.32. The number of anilines is 1. The first-order chi connectivity index (χ1) is 18.4. The summed E-state index contributed by atoms with van der Waals surface area (Å²) in [5.74, 6) is -0.987. The van der Waals surface area contributed by atoms with Gasteiger partial charge in [-0.25, -0.2) is 8.42 Å². The average Bonchev–Trinajstić information content (AvgIpc) is 2.90. The maximum Gasteiger partial charge on any atom is 0.269 e. The van der Waals surface area contributed by atoms with E-state index in [4.69, 9.17) is 0 Å². The largest absolute Gasteiger partial charge is 0.352 e. The van der Waals surface area contributed by atoms with Gasteiger partial charge in [-0.05, 0) is 57.5 Å². The van der Waals surface area contributed by atoms with Crippen molar-refractivity contribution in [2.24, 2.45) is 0 Å². The van der Waals surface area contributed by atoms with Crippen LogP contribution < -0.4 is 9.62 Å². The summed E-state index contributed by atoms with van der Waals surface area (Å²) < 4.78 is 28.3. The molecule has 2 amide bonds. The Morgan fingerprint density at radius 1 is 0.949 bits per heavy atom. The molecule has 3 aromatic carbocycles. The number of hydrogen-bond donors (Lipinski definition) is 1. The van der Waals surface area contributed by atoms with Gasteiger partial charge in [0.15, 0.2) is 0 Å². The Morgan fingerprint density at radius 2 is 1.59 bits per heavy atom. The smallest absolute Gasteiger partial charge is 0.269 e. The van der Waals surface area contributed by atoms with Crippen molar-refractivity contribution in [3.8, 4) is 0 Å². The molecular formula is C28H32N4O6S. The van der Waals surface area contributed by atoms with Gasteiger partial charge < -0.3 is 10.2 Å². The van der Waals surface area contributed by atoms with E-state index in [-0.39, 0.29) is 34.8 Å². The number of nitro benzene ring substituents is 1. The Hall–Kier alpha value is -4.25. The molecular weight excluding hydrogens is 520 g/mol. The summed E-state index contributed by atoms with van der Waals surface area (Å²) >= 11 is 0. The summed E-state index contributed by atoms with van der Waals surface area (Å²) in [5.41, 5.74) is 1.61. The van der Waals surface area contributed by atoms with Crippen LogP contribution in [0.5, 0.6) is 0 Å². The third-order valence-electron chi connectivity index (χ3n) is 5.99. The lowest BCUT2D eigenvalue weighted by Crippen LogP contribution is -2.52. The first-order valence-corrected chi connectivity index (χ1v) is 13.8. The molecule has 0 bridgehead atoms. The lowest BCUT2D eigenvalue weighted by molar-refractivity contribution is -0.384. The molecule has 0 saturated heterocycles. The van der Waals surface area contributed by atoms with Crippen LogP contribution in [-0.2, 0) is 26.2 Å². The maximum absolute atomic E-state index is 13.8. The average molecular weight is 553 g/mol. The molecule has 11 heteroatoms. The molecule has 3 rings (SSSR count). The van der Waals surface area contributed by atoms with Gasteiger partial charge in [-0.3, -0.25) is 24.0 Å². The Morgan fingerprint density at radius 3 is 2.15 bits per heavy atom. The highest BCUT2D eigenvalue weighted by molar-refractivity contribution is 7.92. The Labute approximate surface area is 228 Å². The van der Waals surface area contributed by atoms with Crippen molar-refractivity contribution >= 4 is 33.2 Å². The van der Waals surface area contributed by atoms with E-state index < -0.39 is 33.4 Å². The van der Waals surface area contributed by atoms with Crippen molar-refractivity contribution in [1.29, 1.82) is 0 Å². The fourth-order valence-electron chi connectivity index (χ4n) is 3.98. The fourth-order valence-corrected chi connectivity index (χ4v) is 5.42. The van der Waals surface area contributed by atoms with Crippen molar-refractivity contribution in [2.75, 3.05) is 10.8 Å². The second-order valence-corrected chi connectivity index (χ2v) is 11.3. The molecule has 0 fully saturated rings. The quantitative estimate of drug-likeness (QED) is 0.282. The zero-order chi connectivity index (χ0) is 28.7. The van der Waals surface area contributed by atoms with Crippen molar-refractivity contribution in [2.45, 2.75) is 51.2 Å². The third kappa shape index (κ3) is 7.41. The number of amides is 2. The van der Waals surface area contributed by atoms with Gasteiger partial charge in [-0.15, -0.1) is 0 Å². The van der Waals surface area contributed by atoms with Crippen molar-refractivity contribution in [3.05, 3.63) is 100 Å². The number of nitrogens with one attached hydrogen (secondary N) is 1. The number of nitro groups is 1. The molecule has 1 atom stereocenters. The Kier molecular flexibility index (Phi) is 9.42. The molecule has 206 valence electrons. The second-order valence-electron chi connectivity index (χ2n) is 9.45. The van der Waals surface area contributed by atoms with Gasteiger partial charge in [0, 0.05) is 24.7 Å². The molecule has 0 saturated carbocycles. The van der Waals surface area contributed by atoms with Crippen LogP contribution in [-0.4, -0.2) is 48.7 Å². The standard InChI is InChI=1S/C28H32N4O6S/c1-20(2)29-28(34)22(4)30(18-23-10-8-9-21(3)17-23)27(33)19-31(24-13-15-25(16-14-24)32(35)36)39(37,38)26-11-6-5-7-12-26/h5-17,20,22H,18-19H2,1-4H3,(H,29,34)/t22-/m1/s1. The summed E-state index contributed by atoms with van der Waals surface area (Å²) in [6.45, 7) is 6.56. The summed E-state index contributed by atoms with van der Waals surface area (Å²) in [5, 5.41) is 14.0. The van der Waals surface area contributed by atoms with Gasteiger partial charge in [0.2, 0.25) is 11.8 Å². The predicted octanol–water partition coefficient (Wildman–Crippen LogP) is 4.04. The van der Waals surface area contributed by atoms with Crippen LogP contribution >= 0.6 is 0 Å². The van der Waals surface area contributed by atoms with E-state index in [0.717, 1.165) is 15.4 Å². The van der Waals surface area contributed by atoms with E-state index in [0.29, 0.717) is 0 Å². The molecule has 0 unspecified atom stereocenters. The molecule has 1 N–H and O–H groups in total. The van der Waals surface area contributed by atoms with Crippen molar-refractivity contribution in [3.63, 3.8) is 0 Å². The SMILES string of the molecule is Cc1cccc(CN(C(=O)CN(c2ccc([N+](=O)[O-])cc2)S(=O)(=O)c2ccccc2)[C@H](C)C(=O)NC(C)C)c1. The molecule has 3 aromatic rings. The van der Waals surface area contributed by atoms with E-state index in [2.05, 4.69) is 5.32 Å². The predicted molar refractivity (Wildman–Crippen MR) is 149 cm³/mol. The summed E-state index contributed by atoms with van der Waals surface area (Å²) in [6.07, 6.45) is 0. The zero-order valence-corrected chi connectivity index (χ0v) is 23.1. The summed E-state index contributed by atoms with van der Waals surface area (Å²) in [6, 6.07) is 18.9. The number of sulfonamides is 1. The topological polar surface area (TPSA) is 130 Å². The van der Waals surface area contributed by atoms with Crippen LogP contribution in [0.2, 0.25) is 0 Å². The van der Waals surface area contributed by atoms with Gasteiger partial charge in [0.05, 0.1) is 15.5 Å². The van der Waals surface area contributed by atoms with E-state index in [1.165, 1.54) is 41.3 Å². The summed E-state index contributed by atoms with van der Waals surface area (Å²) in [7, 11) is -4.24. The van der Waals surface area contributed by atoms with Crippen LogP contribution in [0.25, 0.3) is 0 Å². The minimum Gasteiger partial charge on any atom is -0.352 e. The number of non-ortho nitro benzene ring substituents is 1. The Bertz CT molecular complexity index is 1430. The van der Waals surface area contributed by atoms with Crippen LogP contribution in [0.1, 0.15) is 31.9 Å². The van der Waals surface area contributed by atoms with Crippen LogP contribution in [0.15, 0.2) is 83.8 Å². The first kappa shape index (κ1) is 29.3. The van der Waals surface area contributed by atoms with Gasteiger partial charge in [0.25, 0.3) is 15.7 Å². The zero-order valence-electron chi connectivity index (χ0n) is 22.3. The number of rotatable bonds is 11. The minimum absolute atomic E-state index is 0.0491. The molecule has 0 radical (unpaired) electrons.